The highest BCUT2D eigenvalue weighted by atomic mass is 32.2. The fourth-order valence-corrected chi connectivity index (χ4v) is 5.27. The Labute approximate surface area is 155 Å². The average Bonchev–Trinajstić information content (AvgIpc) is 2.63. The van der Waals surface area contributed by atoms with E-state index in [0.717, 1.165) is 30.4 Å². The Morgan fingerprint density at radius 3 is 2.62 bits per heavy atom. The van der Waals surface area contributed by atoms with Crippen molar-refractivity contribution >= 4 is 21.8 Å². The quantitative estimate of drug-likeness (QED) is 0.747. The van der Waals surface area contributed by atoms with Gasteiger partial charge in [-0.25, -0.2) is 8.42 Å². The average molecular weight is 381 g/mol. The molecule has 1 aliphatic heterocycles. The van der Waals surface area contributed by atoms with Crippen LogP contribution in [0.25, 0.3) is 0 Å². The van der Waals surface area contributed by atoms with E-state index < -0.39 is 21.8 Å². The van der Waals surface area contributed by atoms with Crippen LogP contribution >= 0.6 is 0 Å². The second-order valence-electron chi connectivity index (χ2n) is 6.66. The molecule has 1 saturated heterocycles. The molecule has 0 aliphatic carbocycles. The van der Waals surface area contributed by atoms with Gasteiger partial charge in [0.2, 0.25) is 10.0 Å². The summed E-state index contributed by atoms with van der Waals surface area (Å²) in [6.45, 7) is 4.41. The van der Waals surface area contributed by atoms with E-state index in [2.05, 4.69) is 10.6 Å². The first kappa shape index (κ1) is 20.4. The van der Waals surface area contributed by atoms with Crippen LogP contribution in [0.3, 0.4) is 0 Å². The Hall–Kier alpha value is -1.93. The highest BCUT2D eigenvalue weighted by Gasteiger charge is 2.34. The third kappa shape index (κ3) is 4.62. The van der Waals surface area contributed by atoms with Gasteiger partial charge in [-0.1, -0.05) is 18.6 Å². The fraction of sp³-hybridized carbons (Fsp3) is 0.556. The minimum absolute atomic E-state index is 0.182. The summed E-state index contributed by atoms with van der Waals surface area (Å²) in [5.74, 6) is -1.40. The number of piperidine rings is 1. The lowest BCUT2D eigenvalue weighted by Gasteiger charge is -2.35. The fourth-order valence-electron chi connectivity index (χ4n) is 3.24. The zero-order chi connectivity index (χ0) is 19.3. The normalized spacial score (nSPS) is 18.3. The van der Waals surface area contributed by atoms with Crippen molar-refractivity contribution in [3.8, 4) is 0 Å². The van der Waals surface area contributed by atoms with Gasteiger partial charge in [0.15, 0.2) is 0 Å². The van der Waals surface area contributed by atoms with Gasteiger partial charge in [0.25, 0.3) is 0 Å². The molecule has 2 amide bonds. The number of rotatable bonds is 5. The summed E-state index contributed by atoms with van der Waals surface area (Å²) >= 11 is 0. The predicted octanol–water partition coefficient (Wildman–Crippen LogP) is 1.10. The number of sulfonamides is 1. The SMILES string of the molecule is CNC(=O)C(=O)NCC[C@@H]1CCCCN1S(=O)(=O)c1cc(C)ccc1C. The maximum Gasteiger partial charge on any atom is 0.309 e. The van der Waals surface area contributed by atoms with Crippen molar-refractivity contribution in [1.29, 1.82) is 0 Å². The van der Waals surface area contributed by atoms with E-state index in [1.54, 1.807) is 17.3 Å². The molecule has 1 aromatic carbocycles. The smallest absolute Gasteiger partial charge is 0.309 e. The third-order valence-electron chi connectivity index (χ3n) is 4.70. The summed E-state index contributed by atoms with van der Waals surface area (Å²) in [4.78, 5) is 23.1. The van der Waals surface area contributed by atoms with Crippen LogP contribution in [0.1, 0.15) is 36.8 Å². The van der Waals surface area contributed by atoms with Crippen LogP contribution in [0.4, 0.5) is 0 Å². The Balaban J connectivity index is 2.13. The molecule has 2 rings (SSSR count). The Bertz CT molecular complexity index is 777. The number of hydrogen-bond donors (Lipinski definition) is 2. The Morgan fingerprint density at radius 1 is 1.19 bits per heavy atom. The molecule has 1 aliphatic rings. The molecular weight excluding hydrogens is 354 g/mol. The van der Waals surface area contributed by atoms with E-state index in [9.17, 15) is 18.0 Å². The minimum Gasteiger partial charge on any atom is -0.351 e. The standard InChI is InChI=1S/C18H27N3O4S/c1-13-7-8-14(2)16(12-13)26(24,25)21-11-5-4-6-15(21)9-10-20-18(23)17(22)19-3/h7-8,12,15H,4-6,9-11H2,1-3H3,(H,19,22)(H,20,23)/t15-/m0/s1. The molecule has 2 N–H and O–H groups in total. The molecule has 8 heteroatoms. The van der Waals surface area contributed by atoms with E-state index in [4.69, 9.17) is 0 Å². The molecule has 0 radical (unpaired) electrons. The maximum atomic E-state index is 13.2. The number of carbonyl (C=O) groups excluding carboxylic acids is 2. The predicted molar refractivity (Wildman–Crippen MR) is 99.1 cm³/mol. The van der Waals surface area contributed by atoms with Gasteiger partial charge in [0.1, 0.15) is 0 Å². The number of hydrogen-bond acceptors (Lipinski definition) is 4. The third-order valence-corrected chi connectivity index (χ3v) is 6.79. The van der Waals surface area contributed by atoms with Gasteiger partial charge in [-0.3, -0.25) is 9.59 Å². The van der Waals surface area contributed by atoms with Crippen molar-refractivity contribution in [3.63, 3.8) is 0 Å². The molecule has 0 unspecified atom stereocenters. The first-order chi connectivity index (χ1) is 12.3. The van der Waals surface area contributed by atoms with Crippen molar-refractivity contribution in [2.75, 3.05) is 20.1 Å². The van der Waals surface area contributed by atoms with E-state index in [-0.39, 0.29) is 12.6 Å². The molecule has 0 spiro atoms. The van der Waals surface area contributed by atoms with Crippen LogP contribution in [0, 0.1) is 13.8 Å². The topological polar surface area (TPSA) is 95.6 Å². The largest absolute Gasteiger partial charge is 0.351 e. The van der Waals surface area contributed by atoms with Gasteiger partial charge in [-0.2, -0.15) is 4.31 Å². The minimum atomic E-state index is -3.59. The van der Waals surface area contributed by atoms with Crippen LogP contribution < -0.4 is 10.6 Å². The van der Waals surface area contributed by atoms with Gasteiger partial charge >= 0.3 is 11.8 Å². The summed E-state index contributed by atoms with van der Waals surface area (Å²) in [6, 6.07) is 5.25. The van der Waals surface area contributed by atoms with Gasteiger partial charge in [-0.15, -0.1) is 0 Å². The van der Waals surface area contributed by atoms with Crippen molar-refractivity contribution in [2.24, 2.45) is 0 Å². The van der Waals surface area contributed by atoms with Crippen molar-refractivity contribution in [2.45, 2.75) is 50.5 Å². The zero-order valence-electron chi connectivity index (χ0n) is 15.5. The molecule has 1 atom stereocenters. The lowest BCUT2D eigenvalue weighted by atomic mass is 10.0. The Kier molecular flexibility index (Phi) is 6.77. The van der Waals surface area contributed by atoms with Gasteiger partial charge in [-0.05, 0) is 50.3 Å². The van der Waals surface area contributed by atoms with Crippen LogP contribution in [0.5, 0.6) is 0 Å². The van der Waals surface area contributed by atoms with Crippen LogP contribution in [-0.2, 0) is 19.6 Å². The van der Waals surface area contributed by atoms with E-state index in [0.29, 0.717) is 17.9 Å². The molecule has 144 valence electrons. The number of carbonyl (C=O) groups is 2. The van der Waals surface area contributed by atoms with Crippen molar-refractivity contribution in [1.82, 2.24) is 14.9 Å². The van der Waals surface area contributed by atoms with Gasteiger partial charge in [0.05, 0.1) is 4.90 Å². The number of amides is 2. The number of nitrogens with zero attached hydrogens (tertiary/aromatic N) is 1. The highest BCUT2D eigenvalue weighted by molar-refractivity contribution is 7.89. The van der Waals surface area contributed by atoms with Gasteiger partial charge in [0, 0.05) is 26.2 Å². The number of likely N-dealkylation sites (N-methyl/N-ethyl adjacent to an activating group) is 1. The summed E-state index contributed by atoms with van der Waals surface area (Å²) in [5, 5.41) is 4.80. The van der Waals surface area contributed by atoms with E-state index >= 15 is 0 Å². The molecule has 0 aromatic heterocycles. The summed E-state index contributed by atoms with van der Waals surface area (Å²) in [5.41, 5.74) is 1.63. The lowest BCUT2D eigenvalue weighted by Crippen LogP contribution is -2.46. The van der Waals surface area contributed by atoms with Crippen LogP contribution in [0.2, 0.25) is 0 Å². The number of benzene rings is 1. The van der Waals surface area contributed by atoms with Crippen LogP contribution in [-0.4, -0.2) is 50.7 Å². The molecule has 7 nitrogen and oxygen atoms in total. The molecule has 1 heterocycles. The van der Waals surface area contributed by atoms with Gasteiger partial charge < -0.3 is 10.6 Å². The maximum absolute atomic E-state index is 13.2. The monoisotopic (exact) mass is 381 g/mol. The first-order valence-corrected chi connectivity index (χ1v) is 10.3. The molecule has 1 aromatic rings. The first-order valence-electron chi connectivity index (χ1n) is 8.86. The van der Waals surface area contributed by atoms with E-state index in [1.807, 2.05) is 19.1 Å². The molecule has 0 bridgehead atoms. The summed E-state index contributed by atoms with van der Waals surface area (Å²) < 4.78 is 28.0. The van der Waals surface area contributed by atoms with Crippen molar-refractivity contribution < 1.29 is 18.0 Å². The molecule has 0 saturated carbocycles. The zero-order valence-corrected chi connectivity index (χ0v) is 16.4. The number of nitrogens with one attached hydrogen (secondary N) is 2. The second-order valence-corrected chi connectivity index (χ2v) is 8.52. The van der Waals surface area contributed by atoms with Crippen molar-refractivity contribution in [3.05, 3.63) is 29.3 Å². The second kappa shape index (κ2) is 8.64. The number of aryl methyl sites for hydroxylation is 2. The van der Waals surface area contributed by atoms with E-state index in [1.165, 1.54) is 7.05 Å². The molecule has 1 fully saturated rings. The Morgan fingerprint density at radius 2 is 1.92 bits per heavy atom. The summed E-state index contributed by atoms with van der Waals surface area (Å²) in [7, 11) is -2.20. The molecular formula is C18H27N3O4S. The summed E-state index contributed by atoms with van der Waals surface area (Å²) in [6.07, 6.45) is 3.00. The molecule has 26 heavy (non-hydrogen) atoms. The van der Waals surface area contributed by atoms with Crippen LogP contribution in [0.15, 0.2) is 23.1 Å². The lowest BCUT2D eigenvalue weighted by molar-refractivity contribution is -0.138. The highest BCUT2D eigenvalue weighted by Crippen LogP contribution is 2.29.